The predicted octanol–water partition coefficient (Wildman–Crippen LogP) is 3.28. The summed E-state index contributed by atoms with van der Waals surface area (Å²) in [5.41, 5.74) is 2.16. The third-order valence-electron chi connectivity index (χ3n) is 5.14. The van der Waals surface area contributed by atoms with Crippen molar-refractivity contribution in [3.63, 3.8) is 0 Å². The zero-order valence-corrected chi connectivity index (χ0v) is 15.8. The fourth-order valence-electron chi connectivity index (χ4n) is 3.81. The largest absolute Gasteiger partial charge is 0.504 e. The number of ether oxygens (including phenoxy) is 1. The van der Waals surface area contributed by atoms with E-state index in [9.17, 15) is 5.11 Å². The molecule has 1 aromatic carbocycles. The average Bonchev–Trinajstić information content (AvgIpc) is 3.10. The zero-order chi connectivity index (χ0) is 18.4. The number of hydrogen-bond acceptors (Lipinski definition) is 5. The number of likely N-dealkylation sites (N-methyl/N-ethyl adjacent to an activating group) is 1. The molecule has 2 aromatic rings. The van der Waals surface area contributed by atoms with Crippen molar-refractivity contribution < 1.29 is 9.84 Å². The summed E-state index contributed by atoms with van der Waals surface area (Å²) in [6, 6.07) is 12.3. The minimum Gasteiger partial charge on any atom is -0.504 e. The van der Waals surface area contributed by atoms with Gasteiger partial charge in [0, 0.05) is 31.9 Å². The van der Waals surface area contributed by atoms with E-state index < -0.39 is 0 Å². The Labute approximate surface area is 156 Å². The summed E-state index contributed by atoms with van der Waals surface area (Å²) in [6.45, 7) is 7.14. The summed E-state index contributed by atoms with van der Waals surface area (Å²) in [7, 11) is 1.57. The number of aromatic nitrogens is 1. The van der Waals surface area contributed by atoms with Crippen molar-refractivity contribution in [1.82, 2.24) is 14.8 Å². The van der Waals surface area contributed by atoms with Crippen molar-refractivity contribution in [1.29, 1.82) is 0 Å². The van der Waals surface area contributed by atoms with Crippen molar-refractivity contribution in [2.45, 2.75) is 38.9 Å². The number of likely N-dealkylation sites (tertiary alicyclic amines) is 1. The Bertz CT molecular complexity index is 693. The van der Waals surface area contributed by atoms with Crippen LogP contribution in [-0.2, 0) is 13.1 Å². The summed E-state index contributed by atoms with van der Waals surface area (Å²) in [4.78, 5) is 9.49. The van der Waals surface area contributed by atoms with Crippen LogP contribution in [0.5, 0.6) is 11.5 Å². The molecule has 3 rings (SSSR count). The molecule has 2 heterocycles. The number of benzene rings is 1. The van der Waals surface area contributed by atoms with Gasteiger partial charge in [-0.25, -0.2) is 0 Å². The van der Waals surface area contributed by atoms with Crippen LogP contribution in [0.4, 0.5) is 0 Å². The number of phenols is 1. The maximum Gasteiger partial charge on any atom is 0.160 e. The summed E-state index contributed by atoms with van der Waals surface area (Å²) < 4.78 is 5.16. The lowest BCUT2D eigenvalue weighted by molar-refractivity contribution is 0.164. The lowest BCUT2D eigenvalue weighted by Crippen LogP contribution is -2.39. The summed E-state index contributed by atoms with van der Waals surface area (Å²) in [6.07, 6.45) is 4.38. The third-order valence-corrected chi connectivity index (χ3v) is 5.14. The monoisotopic (exact) mass is 355 g/mol. The van der Waals surface area contributed by atoms with E-state index in [-0.39, 0.29) is 5.75 Å². The minimum absolute atomic E-state index is 0.193. The van der Waals surface area contributed by atoms with Gasteiger partial charge in [-0.3, -0.25) is 14.8 Å². The van der Waals surface area contributed by atoms with Gasteiger partial charge in [-0.15, -0.1) is 0 Å². The number of aromatic hydroxyl groups is 1. The van der Waals surface area contributed by atoms with Gasteiger partial charge in [-0.05, 0) is 55.8 Å². The average molecular weight is 355 g/mol. The summed E-state index contributed by atoms with van der Waals surface area (Å²) >= 11 is 0. The van der Waals surface area contributed by atoms with Crippen molar-refractivity contribution in [2.24, 2.45) is 0 Å². The number of methoxy groups -OCH3 is 1. The summed E-state index contributed by atoms with van der Waals surface area (Å²) in [5.74, 6) is 0.705. The molecule has 1 aliphatic rings. The second-order valence-electron chi connectivity index (χ2n) is 6.92. The van der Waals surface area contributed by atoms with Gasteiger partial charge < -0.3 is 9.84 Å². The molecule has 5 heteroatoms. The Balaban J connectivity index is 1.74. The molecule has 1 N–H and O–H groups in total. The number of pyridine rings is 1. The normalized spacial score (nSPS) is 17.7. The van der Waals surface area contributed by atoms with E-state index in [1.165, 1.54) is 19.4 Å². The van der Waals surface area contributed by atoms with Gasteiger partial charge in [0.15, 0.2) is 11.5 Å². The highest BCUT2D eigenvalue weighted by Gasteiger charge is 2.25. The number of phenolic OH excluding ortho intramolecular Hbond substituents is 1. The molecular formula is C21H29N3O2. The lowest BCUT2D eigenvalue weighted by atomic mass is 10.1. The second-order valence-corrected chi connectivity index (χ2v) is 6.92. The highest BCUT2D eigenvalue weighted by atomic mass is 16.5. The van der Waals surface area contributed by atoms with E-state index in [1.54, 1.807) is 13.2 Å². The quantitative estimate of drug-likeness (QED) is 0.787. The first-order valence-corrected chi connectivity index (χ1v) is 9.41. The van der Waals surface area contributed by atoms with Crippen molar-refractivity contribution in [3.8, 4) is 11.5 Å². The Morgan fingerprint density at radius 1 is 1.27 bits per heavy atom. The van der Waals surface area contributed by atoms with E-state index in [2.05, 4.69) is 27.8 Å². The number of hydrogen-bond donors (Lipinski definition) is 1. The molecule has 0 amide bonds. The first kappa shape index (κ1) is 18.7. The number of rotatable bonds is 8. The van der Waals surface area contributed by atoms with Crippen LogP contribution in [0.3, 0.4) is 0 Å². The van der Waals surface area contributed by atoms with Gasteiger partial charge in [0.2, 0.25) is 0 Å². The smallest absolute Gasteiger partial charge is 0.160 e. The topological polar surface area (TPSA) is 48.8 Å². The van der Waals surface area contributed by atoms with E-state index in [4.69, 9.17) is 4.74 Å². The molecule has 0 unspecified atom stereocenters. The van der Waals surface area contributed by atoms with Crippen molar-refractivity contribution in [3.05, 3.63) is 53.9 Å². The van der Waals surface area contributed by atoms with E-state index in [0.717, 1.165) is 37.4 Å². The highest BCUT2D eigenvalue weighted by Crippen LogP contribution is 2.27. The van der Waals surface area contributed by atoms with Gasteiger partial charge in [-0.1, -0.05) is 19.1 Å². The van der Waals surface area contributed by atoms with Crippen LogP contribution in [0, 0.1) is 0 Å². The van der Waals surface area contributed by atoms with Gasteiger partial charge in [0.1, 0.15) is 0 Å². The maximum absolute atomic E-state index is 10.1. The van der Waals surface area contributed by atoms with Crippen molar-refractivity contribution >= 4 is 0 Å². The van der Waals surface area contributed by atoms with Gasteiger partial charge in [0.25, 0.3) is 0 Å². The Morgan fingerprint density at radius 2 is 2.15 bits per heavy atom. The van der Waals surface area contributed by atoms with Crippen LogP contribution < -0.4 is 4.74 Å². The molecule has 1 atom stereocenters. The van der Waals surface area contributed by atoms with Crippen LogP contribution in [0.2, 0.25) is 0 Å². The van der Waals surface area contributed by atoms with Crippen LogP contribution in [0.1, 0.15) is 31.0 Å². The molecule has 0 saturated carbocycles. The fourth-order valence-corrected chi connectivity index (χ4v) is 3.81. The molecule has 0 aliphatic carbocycles. The molecule has 26 heavy (non-hydrogen) atoms. The highest BCUT2D eigenvalue weighted by molar-refractivity contribution is 5.41. The molecule has 1 fully saturated rings. The van der Waals surface area contributed by atoms with Crippen LogP contribution in [0.15, 0.2) is 42.6 Å². The molecule has 140 valence electrons. The van der Waals surface area contributed by atoms with Gasteiger partial charge >= 0.3 is 0 Å². The zero-order valence-electron chi connectivity index (χ0n) is 15.8. The van der Waals surface area contributed by atoms with E-state index >= 15 is 0 Å². The van der Waals surface area contributed by atoms with Crippen LogP contribution in [0.25, 0.3) is 0 Å². The van der Waals surface area contributed by atoms with Crippen molar-refractivity contribution in [2.75, 3.05) is 26.7 Å². The molecule has 1 saturated heterocycles. The first-order valence-electron chi connectivity index (χ1n) is 9.41. The minimum atomic E-state index is 0.193. The molecule has 0 spiro atoms. The molecule has 0 bridgehead atoms. The molecule has 5 nitrogen and oxygen atoms in total. The van der Waals surface area contributed by atoms with E-state index in [1.807, 2.05) is 30.5 Å². The Morgan fingerprint density at radius 3 is 2.85 bits per heavy atom. The second kappa shape index (κ2) is 9.01. The lowest BCUT2D eigenvalue weighted by Gasteiger charge is -2.30. The third kappa shape index (κ3) is 4.74. The number of nitrogens with zero attached hydrogens (tertiary/aromatic N) is 3. The van der Waals surface area contributed by atoms with Gasteiger partial charge in [0.05, 0.1) is 12.8 Å². The Hall–Kier alpha value is -2.11. The Kier molecular flexibility index (Phi) is 6.47. The van der Waals surface area contributed by atoms with Crippen LogP contribution >= 0.6 is 0 Å². The van der Waals surface area contributed by atoms with E-state index in [0.29, 0.717) is 11.8 Å². The fraction of sp³-hybridized carbons (Fsp3) is 0.476. The SMILES string of the molecule is CCN1CCC[C@@H]1CN(Cc1ccc(OC)c(O)c1)Cc1ccccn1. The molecule has 0 radical (unpaired) electrons. The molecule has 1 aromatic heterocycles. The summed E-state index contributed by atoms with van der Waals surface area (Å²) in [5, 5.41) is 10.1. The predicted molar refractivity (Wildman–Crippen MR) is 103 cm³/mol. The standard InChI is InChI=1S/C21H29N3O2/c1-3-24-12-6-8-19(24)16-23(15-18-7-4-5-11-22-18)14-17-9-10-21(26-2)20(25)13-17/h4-5,7,9-11,13,19,25H,3,6,8,12,14-16H2,1-2H3/t19-/m1/s1. The first-order chi connectivity index (χ1) is 12.7. The molecular weight excluding hydrogens is 326 g/mol. The maximum atomic E-state index is 10.1. The van der Waals surface area contributed by atoms with Gasteiger partial charge in [-0.2, -0.15) is 0 Å². The molecule has 1 aliphatic heterocycles. The van der Waals surface area contributed by atoms with Crippen LogP contribution in [-0.4, -0.2) is 52.7 Å².